The topological polar surface area (TPSA) is 55.8 Å². The van der Waals surface area contributed by atoms with E-state index in [1.165, 1.54) is 23.5 Å². The van der Waals surface area contributed by atoms with Crippen LogP contribution in [-0.4, -0.2) is 17.7 Å². The Kier molecular flexibility index (Phi) is 6.45. The third kappa shape index (κ3) is 4.98. The van der Waals surface area contributed by atoms with Crippen molar-refractivity contribution in [1.29, 1.82) is 0 Å². The van der Waals surface area contributed by atoms with Crippen molar-refractivity contribution in [2.45, 2.75) is 13.5 Å². The van der Waals surface area contributed by atoms with Gasteiger partial charge >= 0.3 is 5.97 Å². The molecule has 3 aromatic rings. The number of aliphatic carboxylic acids is 1. The molecule has 1 aromatic heterocycles. The highest BCUT2D eigenvalue weighted by molar-refractivity contribution is 7.11. The minimum Gasteiger partial charge on any atom is -0.490 e. The van der Waals surface area contributed by atoms with Crippen LogP contribution in [0.25, 0.3) is 11.6 Å². The normalized spacial score (nSPS) is 11.3. The monoisotopic (exact) mass is 398 g/mol. The van der Waals surface area contributed by atoms with Gasteiger partial charge in [-0.2, -0.15) is 0 Å². The summed E-state index contributed by atoms with van der Waals surface area (Å²) < 4.78 is 24.5. The Bertz CT molecular complexity index is 963. The first kappa shape index (κ1) is 19.6. The van der Waals surface area contributed by atoms with Gasteiger partial charge < -0.3 is 14.6 Å². The fourth-order valence-electron chi connectivity index (χ4n) is 2.58. The van der Waals surface area contributed by atoms with E-state index in [-0.39, 0.29) is 18.0 Å². The van der Waals surface area contributed by atoms with E-state index in [0.717, 1.165) is 5.56 Å². The van der Waals surface area contributed by atoms with Gasteiger partial charge in [0, 0.05) is 4.88 Å². The van der Waals surface area contributed by atoms with Crippen LogP contribution in [-0.2, 0) is 11.4 Å². The third-order valence-electron chi connectivity index (χ3n) is 3.90. The summed E-state index contributed by atoms with van der Waals surface area (Å²) in [4.78, 5) is 12.3. The molecule has 0 saturated heterocycles. The molecule has 0 amide bonds. The van der Waals surface area contributed by atoms with Gasteiger partial charge in [-0.15, -0.1) is 11.3 Å². The predicted molar refractivity (Wildman–Crippen MR) is 108 cm³/mol. The first-order chi connectivity index (χ1) is 13.6. The third-order valence-corrected chi connectivity index (χ3v) is 4.81. The number of carboxylic acid groups (broad SMARTS) is 1. The zero-order chi connectivity index (χ0) is 19.9. The van der Waals surface area contributed by atoms with Gasteiger partial charge in [-0.1, -0.05) is 24.3 Å². The molecule has 3 rings (SSSR count). The minimum atomic E-state index is -0.989. The number of ether oxygens (including phenoxy) is 2. The lowest BCUT2D eigenvalue weighted by Gasteiger charge is -2.13. The standard InChI is InChI=1S/C22H19FO4S/c1-2-26-20-13-16(12-18(22(24)25)21-4-3-11-28-21)7-10-19(20)27-14-15-5-8-17(23)9-6-15/h3-13H,2,14H2,1H3,(H,24,25)/b18-12-. The van der Waals surface area contributed by atoms with Gasteiger partial charge in [0.05, 0.1) is 12.2 Å². The second-order valence-corrected chi connectivity index (χ2v) is 6.84. The van der Waals surface area contributed by atoms with Crippen molar-refractivity contribution in [3.8, 4) is 11.5 Å². The Morgan fingerprint density at radius 3 is 2.54 bits per heavy atom. The summed E-state index contributed by atoms with van der Waals surface area (Å²) in [5, 5.41) is 11.4. The number of carbonyl (C=O) groups is 1. The Labute approximate surface area is 166 Å². The van der Waals surface area contributed by atoms with E-state index in [1.807, 2.05) is 18.4 Å². The van der Waals surface area contributed by atoms with E-state index < -0.39 is 5.97 Å². The number of benzene rings is 2. The summed E-state index contributed by atoms with van der Waals surface area (Å²) in [5.74, 6) is -0.225. The number of hydrogen-bond donors (Lipinski definition) is 1. The molecule has 6 heteroatoms. The summed E-state index contributed by atoms with van der Waals surface area (Å²) in [6.45, 7) is 2.57. The summed E-state index contributed by atoms with van der Waals surface area (Å²) in [6, 6.07) is 14.9. The zero-order valence-electron chi connectivity index (χ0n) is 15.2. The molecule has 2 aromatic carbocycles. The highest BCUT2D eigenvalue weighted by Crippen LogP contribution is 2.31. The molecule has 0 aliphatic rings. The maximum Gasteiger partial charge on any atom is 0.337 e. The van der Waals surface area contributed by atoms with Crippen molar-refractivity contribution in [3.63, 3.8) is 0 Å². The van der Waals surface area contributed by atoms with Crippen LogP contribution in [0.5, 0.6) is 11.5 Å². The van der Waals surface area contributed by atoms with E-state index in [4.69, 9.17) is 9.47 Å². The van der Waals surface area contributed by atoms with Crippen molar-refractivity contribution in [2.24, 2.45) is 0 Å². The molecule has 0 unspecified atom stereocenters. The molecular formula is C22H19FO4S. The van der Waals surface area contributed by atoms with E-state index in [9.17, 15) is 14.3 Å². The second-order valence-electron chi connectivity index (χ2n) is 5.89. The maximum atomic E-state index is 13.0. The quantitative estimate of drug-likeness (QED) is 0.510. The highest BCUT2D eigenvalue weighted by Gasteiger charge is 2.13. The molecule has 144 valence electrons. The van der Waals surface area contributed by atoms with E-state index in [0.29, 0.717) is 28.5 Å². The molecule has 1 heterocycles. The van der Waals surface area contributed by atoms with Crippen molar-refractivity contribution in [3.05, 3.63) is 81.8 Å². The molecule has 0 atom stereocenters. The van der Waals surface area contributed by atoms with Gasteiger partial charge in [-0.25, -0.2) is 9.18 Å². The smallest absolute Gasteiger partial charge is 0.337 e. The molecule has 0 aliphatic carbocycles. The molecule has 0 fully saturated rings. The van der Waals surface area contributed by atoms with Crippen LogP contribution in [0.15, 0.2) is 60.0 Å². The Morgan fingerprint density at radius 2 is 1.89 bits per heavy atom. The van der Waals surface area contributed by atoms with Crippen LogP contribution in [0.1, 0.15) is 22.9 Å². The lowest BCUT2D eigenvalue weighted by Crippen LogP contribution is -2.01. The molecule has 1 N–H and O–H groups in total. The Morgan fingerprint density at radius 1 is 1.11 bits per heavy atom. The summed E-state index contributed by atoms with van der Waals surface area (Å²) in [7, 11) is 0. The van der Waals surface area contributed by atoms with Gasteiger partial charge in [0.1, 0.15) is 12.4 Å². The van der Waals surface area contributed by atoms with Gasteiger partial charge in [0.25, 0.3) is 0 Å². The summed E-state index contributed by atoms with van der Waals surface area (Å²) in [5.41, 5.74) is 1.75. The molecule has 0 radical (unpaired) electrons. The lowest BCUT2D eigenvalue weighted by atomic mass is 10.1. The van der Waals surface area contributed by atoms with E-state index >= 15 is 0 Å². The summed E-state index contributed by atoms with van der Waals surface area (Å²) in [6.07, 6.45) is 1.61. The molecule has 0 saturated carbocycles. The average molecular weight is 398 g/mol. The van der Waals surface area contributed by atoms with Crippen LogP contribution in [0.3, 0.4) is 0 Å². The van der Waals surface area contributed by atoms with Crippen molar-refractivity contribution in [2.75, 3.05) is 6.61 Å². The second kappa shape index (κ2) is 9.19. The zero-order valence-corrected chi connectivity index (χ0v) is 16.0. The lowest BCUT2D eigenvalue weighted by molar-refractivity contribution is -0.130. The number of rotatable bonds is 8. The van der Waals surface area contributed by atoms with Crippen LogP contribution in [0, 0.1) is 5.82 Å². The molecular weight excluding hydrogens is 379 g/mol. The number of halogens is 1. The predicted octanol–water partition coefficient (Wildman–Crippen LogP) is 5.49. The van der Waals surface area contributed by atoms with Crippen molar-refractivity contribution >= 4 is 29.0 Å². The first-order valence-corrected chi connectivity index (χ1v) is 9.57. The first-order valence-electron chi connectivity index (χ1n) is 8.69. The average Bonchev–Trinajstić information content (AvgIpc) is 3.21. The van der Waals surface area contributed by atoms with Gasteiger partial charge in [0.2, 0.25) is 0 Å². The molecule has 4 nitrogen and oxygen atoms in total. The van der Waals surface area contributed by atoms with Crippen LogP contribution in [0.2, 0.25) is 0 Å². The summed E-state index contributed by atoms with van der Waals surface area (Å²) >= 11 is 1.37. The van der Waals surface area contributed by atoms with E-state index in [1.54, 1.807) is 42.5 Å². The number of carboxylic acids is 1. The fourth-order valence-corrected chi connectivity index (χ4v) is 3.31. The van der Waals surface area contributed by atoms with Crippen molar-refractivity contribution < 1.29 is 23.8 Å². The van der Waals surface area contributed by atoms with Gasteiger partial charge in [-0.05, 0) is 59.8 Å². The number of thiophene rings is 1. The SMILES string of the molecule is CCOc1cc(/C=C(\C(=O)O)c2cccs2)ccc1OCc1ccc(F)cc1. The fraction of sp³-hybridized carbons (Fsp3) is 0.136. The van der Waals surface area contributed by atoms with Crippen LogP contribution >= 0.6 is 11.3 Å². The van der Waals surface area contributed by atoms with Crippen LogP contribution in [0.4, 0.5) is 4.39 Å². The molecule has 0 aliphatic heterocycles. The van der Waals surface area contributed by atoms with Gasteiger partial charge in [0.15, 0.2) is 11.5 Å². The molecule has 0 spiro atoms. The molecule has 28 heavy (non-hydrogen) atoms. The molecule has 0 bridgehead atoms. The largest absolute Gasteiger partial charge is 0.490 e. The Hall–Kier alpha value is -3.12. The van der Waals surface area contributed by atoms with Crippen LogP contribution < -0.4 is 9.47 Å². The van der Waals surface area contributed by atoms with Crippen molar-refractivity contribution in [1.82, 2.24) is 0 Å². The van der Waals surface area contributed by atoms with E-state index in [2.05, 4.69) is 0 Å². The number of hydrogen-bond acceptors (Lipinski definition) is 4. The maximum absolute atomic E-state index is 13.0. The highest BCUT2D eigenvalue weighted by atomic mass is 32.1. The van der Waals surface area contributed by atoms with Gasteiger partial charge in [-0.3, -0.25) is 0 Å². The Balaban J connectivity index is 1.84. The minimum absolute atomic E-state index is 0.220.